The Hall–Kier alpha value is -2.89. The standard InChI is InChI=1S/C19H19FN4O/c20-15-4-1-2-6-17(15)24-9-7-13(12-24)10-23-19(25)14-11-22-16-5-3-8-21-18(14)16/h1-6,8,11,13,22H,7,9-10,12H2,(H,23,25). The van der Waals surface area contributed by atoms with Gasteiger partial charge in [-0.1, -0.05) is 12.1 Å². The molecule has 1 aliphatic rings. The van der Waals surface area contributed by atoms with Crippen LogP contribution >= 0.6 is 0 Å². The number of pyridine rings is 1. The molecule has 3 aromatic rings. The van der Waals surface area contributed by atoms with Gasteiger partial charge in [0.1, 0.15) is 11.3 Å². The lowest BCUT2D eigenvalue weighted by Gasteiger charge is -2.19. The Bertz CT molecular complexity index is 907. The van der Waals surface area contributed by atoms with E-state index in [0.29, 0.717) is 29.2 Å². The Morgan fingerprint density at radius 2 is 2.20 bits per heavy atom. The van der Waals surface area contributed by atoms with Crippen LogP contribution in [0, 0.1) is 11.7 Å². The van der Waals surface area contributed by atoms with Gasteiger partial charge < -0.3 is 15.2 Å². The molecule has 2 N–H and O–H groups in total. The van der Waals surface area contributed by atoms with Crippen LogP contribution in [-0.2, 0) is 0 Å². The summed E-state index contributed by atoms with van der Waals surface area (Å²) in [6.07, 6.45) is 4.30. The van der Waals surface area contributed by atoms with E-state index >= 15 is 0 Å². The molecule has 5 nitrogen and oxygen atoms in total. The number of para-hydroxylation sites is 1. The van der Waals surface area contributed by atoms with Gasteiger partial charge in [-0.2, -0.15) is 0 Å². The molecule has 0 bridgehead atoms. The molecular formula is C19H19FN4O. The van der Waals surface area contributed by atoms with Crippen molar-refractivity contribution in [2.45, 2.75) is 6.42 Å². The summed E-state index contributed by atoms with van der Waals surface area (Å²) in [6, 6.07) is 10.5. The number of aromatic nitrogens is 2. The molecule has 1 amide bonds. The summed E-state index contributed by atoms with van der Waals surface area (Å²) in [6.45, 7) is 2.12. The summed E-state index contributed by atoms with van der Waals surface area (Å²) in [7, 11) is 0. The maximum Gasteiger partial charge on any atom is 0.255 e. The maximum atomic E-state index is 13.9. The fourth-order valence-corrected chi connectivity index (χ4v) is 3.39. The minimum atomic E-state index is -0.197. The monoisotopic (exact) mass is 338 g/mol. The van der Waals surface area contributed by atoms with E-state index in [9.17, 15) is 9.18 Å². The number of fused-ring (bicyclic) bond motifs is 1. The zero-order chi connectivity index (χ0) is 17.2. The number of halogens is 1. The molecule has 1 aliphatic heterocycles. The lowest BCUT2D eigenvalue weighted by molar-refractivity contribution is 0.0950. The van der Waals surface area contributed by atoms with Crippen LogP contribution in [0.1, 0.15) is 16.8 Å². The number of amides is 1. The van der Waals surface area contributed by atoms with Gasteiger partial charge in [0.25, 0.3) is 5.91 Å². The highest BCUT2D eigenvalue weighted by Crippen LogP contribution is 2.26. The first-order chi connectivity index (χ1) is 12.2. The molecular weight excluding hydrogens is 319 g/mol. The third-order valence-electron chi connectivity index (χ3n) is 4.71. The second-order valence-electron chi connectivity index (χ2n) is 6.36. The second-order valence-corrected chi connectivity index (χ2v) is 6.36. The largest absolute Gasteiger partial charge is 0.369 e. The van der Waals surface area contributed by atoms with Gasteiger partial charge in [0.05, 0.1) is 16.8 Å². The van der Waals surface area contributed by atoms with E-state index in [1.54, 1.807) is 24.5 Å². The van der Waals surface area contributed by atoms with Crippen molar-refractivity contribution in [1.82, 2.24) is 15.3 Å². The summed E-state index contributed by atoms with van der Waals surface area (Å²) in [4.78, 5) is 21.8. The predicted molar refractivity (Wildman–Crippen MR) is 95.1 cm³/mol. The van der Waals surface area contributed by atoms with Gasteiger partial charge in [-0.15, -0.1) is 0 Å². The smallest absolute Gasteiger partial charge is 0.255 e. The lowest BCUT2D eigenvalue weighted by atomic mass is 10.1. The molecule has 1 saturated heterocycles. The van der Waals surface area contributed by atoms with Crippen LogP contribution < -0.4 is 10.2 Å². The van der Waals surface area contributed by atoms with Crippen molar-refractivity contribution in [2.24, 2.45) is 5.92 Å². The lowest BCUT2D eigenvalue weighted by Crippen LogP contribution is -2.31. The summed E-state index contributed by atoms with van der Waals surface area (Å²) in [5.41, 5.74) is 2.72. The molecule has 2 aromatic heterocycles. The van der Waals surface area contributed by atoms with Gasteiger partial charge in [-0.3, -0.25) is 9.78 Å². The molecule has 1 unspecified atom stereocenters. The average molecular weight is 338 g/mol. The highest BCUT2D eigenvalue weighted by molar-refractivity contribution is 6.05. The molecule has 128 valence electrons. The van der Waals surface area contributed by atoms with E-state index in [4.69, 9.17) is 0 Å². The van der Waals surface area contributed by atoms with Gasteiger partial charge in [0.2, 0.25) is 0 Å². The molecule has 0 aliphatic carbocycles. The third kappa shape index (κ3) is 3.07. The number of rotatable bonds is 4. The van der Waals surface area contributed by atoms with Crippen molar-refractivity contribution in [1.29, 1.82) is 0 Å². The zero-order valence-corrected chi connectivity index (χ0v) is 13.7. The number of H-pyrrole nitrogens is 1. The minimum Gasteiger partial charge on any atom is -0.369 e. The van der Waals surface area contributed by atoms with Crippen molar-refractivity contribution in [3.05, 3.63) is 60.2 Å². The Balaban J connectivity index is 1.38. The average Bonchev–Trinajstić information content (AvgIpc) is 3.27. The quantitative estimate of drug-likeness (QED) is 0.769. The number of carbonyl (C=O) groups is 1. The Morgan fingerprint density at radius 3 is 3.08 bits per heavy atom. The van der Waals surface area contributed by atoms with Crippen LogP contribution in [0.2, 0.25) is 0 Å². The van der Waals surface area contributed by atoms with Gasteiger partial charge in [0, 0.05) is 32.0 Å². The van der Waals surface area contributed by atoms with Crippen LogP contribution in [0.15, 0.2) is 48.8 Å². The first-order valence-electron chi connectivity index (χ1n) is 8.42. The minimum absolute atomic E-state index is 0.130. The van der Waals surface area contributed by atoms with Crippen molar-refractivity contribution >= 4 is 22.6 Å². The van der Waals surface area contributed by atoms with Crippen LogP contribution in [-0.4, -0.2) is 35.5 Å². The van der Waals surface area contributed by atoms with Crippen molar-refractivity contribution in [3.63, 3.8) is 0 Å². The van der Waals surface area contributed by atoms with Gasteiger partial charge >= 0.3 is 0 Å². The van der Waals surface area contributed by atoms with Gasteiger partial charge in [-0.05, 0) is 36.6 Å². The van der Waals surface area contributed by atoms with Crippen LogP contribution in [0.3, 0.4) is 0 Å². The molecule has 1 fully saturated rings. The van der Waals surface area contributed by atoms with Crippen LogP contribution in [0.4, 0.5) is 10.1 Å². The SMILES string of the molecule is O=C(NCC1CCN(c2ccccc2F)C1)c1c[nH]c2cccnc12. The molecule has 0 spiro atoms. The zero-order valence-electron chi connectivity index (χ0n) is 13.7. The van der Waals surface area contributed by atoms with E-state index < -0.39 is 0 Å². The van der Waals surface area contributed by atoms with Crippen LogP contribution in [0.5, 0.6) is 0 Å². The molecule has 3 heterocycles. The Kier molecular flexibility index (Phi) is 4.09. The molecule has 25 heavy (non-hydrogen) atoms. The number of benzene rings is 1. The Labute approximate surface area is 144 Å². The number of nitrogens with zero attached hydrogens (tertiary/aromatic N) is 2. The van der Waals surface area contributed by atoms with E-state index in [2.05, 4.69) is 15.3 Å². The van der Waals surface area contributed by atoms with Crippen molar-refractivity contribution in [3.8, 4) is 0 Å². The van der Waals surface area contributed by atoms with Crippen molar-refractivity contribution in [2.75, 3.05) is 24.5 Å². The van der Waals surface area contributed by atoms with E-state index in [0.717, 1.165) is 25.0 Å². The van der Waals surface area contributed by atoms with Gasteiger partial charge in [-0.25, -0.2) is 4.39 Å². The summed E-state index contributed by atoms with van der Waals surface area (Å²) in [5, 5.41) is 2.99. The van der Waals surface area contributed by atoms with E-state index in [-0.39, 0.29) is 11.7 Å². The predicted octanol–water partition coefficient (Wildman–Crippen LogP) is 2.96. The third-order valence-corrected chi connectivity index (χ3v) is 4.71. The number of hydrogen-bond donors (Lipinski definition) is 2. The summed E-state index contributed by atoms with van der Waals surface area (Å²) >= 11 is 0. The highest BCUT2D eigenvalue weighted by atomic mass is 19.1. The number of anilines is 1. The normalized spacial score (nSPS) is 17.2. The highest BCUT2D eigenvalue weighted by Gasteiger charge is 2.25. The topological polar surface area (TPSA) is 61.0 Å². The molecule has 0 radical (unpaired) electrons. The molecule has 1 aromatic carbocycles. The van der Waals surface area contributed by atoms with Gasteiger partial charge in [0.15, 0.2) is 0 Å². The van der Waals surface area contributed by atoms with E-state index in [1.165, 1.54) is 6.07 Å². The number of hydrogen-bond acceptors (Lipinski definition) is 3. The number of aromatic amines is 1. The molecule has 1 atom stereocenters. The Morgan fingerprint density at radius 1 is 1.32 bits per heavy atom. The second kappa shape index (κ2) is 6.55. The summed E-state index contributed by atoms with van der Waals surface area (Å²) in [5.74, 6) is -0.0203. The first-order valence-corrected chi connectivity index (χ1v) is 8.42. The van der Waals surface area contributed by atoms with Crippen LogP contribution in [0.25, 0.3) is 11.0 Å². The number of nitrogens with one attached hydrogen (secondary N) is 2. The fourth-order valence-electron chi connectivity index (χ4n) is 3.39. The first kappa shape index (κ1) is 15.6. The summed E-state index contributed by atoms with van der Waals surface area (Å²) < 4.78 is 13.9. The maximum absolute atomic E-state index is 13.9. The molecule has 6 heteroatoms. The molecule has 0 saturated carbocycles. The van der Waals surface area contributed by atoms with E-state index in [1.807, 2.05) is 23.1 Å². The number of carbonyl (C=O) groups excluding carboxylic acids is 1. The van der Waals surface area contributed by atoms with Crippen molar-refractivity contribution < 1.29 is 9.18 Å². The fraction of sp³-hybridized carbons (Fsp3) is 0.263. The molecule has 4 rings (SSSR count).